The smallest absolute Gasteiger partial charge is 0.219 e. The fraction of sp³-hybridized carbons (Fsp3) is 0.500. The standard InChI is InChI=1S/C14H21NO3/c1-5-9-18-14-12(10-15(3)11(2)16)7-6-8-13(14)17-4/h6-8H,5,9-10H2,1-4H3. The summed E-state index contributed by atoms with van der Waals surface area (Å²) >= 11 is 0. The number of benzene rings is 1. The van der Waals surface area contributed by atoms with Crippen LogP contribution in [0.3, 0.4) is 0 Å². The first-order chi connectivity index (χ1) is 8.60. The van der Waals surface area contributed by atoms with Crippen molar-refractivity contribution in [3.8, 4) is 11.5 Å². The molecule has 0 saturated heterocycles. The number of hydrogen-bond acceptors (Lipinski definition) is 3. The number of rotatable bonds is 6. The van der Waals surface area contributed by atoms with Crippen molar-refractivity contribution in [1.82, 2.24) is 4.90 Å². The molecule has 0 spiro atoms. The van der Waals surface area contributed by atoms with Gasteiger partial charge in [0.15, 0.2) is 11.5 Å². The second-order valence-electron chi connectivity index (χ2n) is 4.17. The van der Waals surface area contributed by atoms with E-state index in [2.05, 4.69) is 6.92 Å². The van der Waals surface area contributed by atoms with Gasteiger partial charge in [-0.05, 0) is 12.5 Å². The van der Waals surface area contributed by atoms with Crippen molar-refractivity contribution in [1.29, 1.82) is 0 Å². The highest BCUT2D eigenvalue weighted by molar-refractivity contribution is 5.73. The van der Waals surface area contributed by atoms with Gasteiger partial charge in [-0.3, -0.25) is 4.79 Å². The lowest BCUT2D eigenvalue weighted by Crippen LogP contribution is -2.23. The molecule has 0 fully saturated rings. The molecule has 1 amide bonds. The van der Waals surface area contributed by atoms with Gasteiger partial charge in [0.05, 0.1) is 13.7 Å². The molecule has 0 saturated carbocycles. The van der Waals surface area contributed by atoms with Crippen molar-refractivity contribution in [2.75, 3.05) is 20.8 Å². The highest BCUT2D eigenvalue weighted by atomic mass is 16.5. The first kappa shape index (κ1) is 14.4. The van der Waals surface area contributed by atoms with Gasteiger partial charge < -0.3 is 14.4 Å². The number of nitrogens with zero attached hydrogens (tertiary/aromatic N) is 1. The molecule has 0 heterocycles. The topological polar surface area (TPSA) is 38.8 Å². The lowest BCUT2D eigenvalue weighted by molar-refractivity contribution is -0.128. The lowest BCUT2D eigenvalue weighted by atomic mass is 10.1. The maximum atomic E-state index is 11.3. The molecule has 0 aliphatic rings. The Kier molecular flexibility index (Phi) is 5.49. The van der Waals surface area contributed by atoms with E-state index >= 15 is 0 Å². The number of amides is 1. The third-order valence-corrected chi connectivity index (χ3v) is 2.68. The maximum Gasteiger partial charge on any atom is 0.219 e. The molecule has 18 heavy (non-hydrogen) atoms. The largest absolute Gasteiger partial charge is 0.493 e. The van der Waals surface area contributed by atoms with Gasteiger partial charge in [-0.25, -0.2) is 0 Å². The van der Waals surface area contributed by atoms with Crippen LogP contribution in [0.1, 0.15) is 25.8 Å². The molecule has 0 bridgehead atoms. The zero-order valence-electron chi connectivity index (χ0n) is 11.5. The number of hydrogen-bond donors (Lipinski definition) is 0. The molecule has 100 valence electrons. The van der Waals surface area contributed by atoms with E-state index < -0.39 is 0 Å². The van der Waals surface area contributed by atoms with Crippen LogP contribution in [0, 0.1) is 0 Å². The van der Waals surface area contributed by atoms with Gasteiger partial charge in [-0.1, -0.05) is 19.1 Å². The Morgan fingerprint density at radius 2 is 2.11 bits per heavy atom. The van der Waals surface area contributed by atoms with Crippen LogP contribution < -0.4 is 9.47 Å². The van der Waals surface area contributed by atoms with Gasteiger partial charge in [0.25, 0.3) is 0 Å². The molecule has 4 heteroatoms. The summed E-state index contributed by atoms with van der Waals surface area (Å²) in [6.07, 6.45) is 0.931. The fourth-order valence-electron chi connectivity index (χ4n) is 1.58. The predicted octanol–water partition coefficient (Wildman–Crippen LogP) is 2.46. The Balaban J connectivity index is 2.97. The average Bonchev–Trinajstić information content (AvgIpc) is 2.36. The molecule has 0 radical (unpaired) electrons. The third-order valence-electron chi connectivity index (χ3n) is 2.68. The second kappa shape index (κ2) is 6.89. The summed E-state index contributed by atoms with van der Waals surface area (Å²) < 4.78 is 11.0. The van der Waals surface area contributed by atoms with E-state index in [0.29, 0.717) is 18.9 Å². The second-order valence-corrected chi connectivity index (χ2v) is 4.17. The third kappa shape index (κ3) is 3.65. The molecule has 0 aliphatic carbocycles. The molecule has 0 unspecified atom stereocenters. The van der Waals surface area contributed by atoms with Crippen LogP contribution in [0.15, 0.2) is 18.2 Å². The Bertz CT molecular complexity index is 404. The van der Waals surface area contributed by atoms with Crippen LogP contribution in [0.2, 0.25) is 0 Å². The van der Waals surface area contributed by atoms with Crippen molar-refractivity contribution in [2.45, 2.75) is 26.8 Å². The summed E-state index contributed by atoms with van der Waals surface area (Å²) in [7, 11) is 3.39. The van der Waals surface area contributed by atoms with Crippen LogP contribution in [-0.2, 0) is 11.3 Å². The Labute approximate surface area is 108 Å². The quantitative estimate of drug-likeness (QED) is 0.779. The normalized spacial score (nSPS) is 10.0. The predicted molar refractivity (Wildman–Crippen MR) is 70.9 cm³/mol. The van der Waals surface area contributed by atoms with Crippen LogP contribution in [0.25, 0.3) is 0 Å². The minimum absolute atomic E-state index is 0.0271. The molecule has 1 aromatic carbocycles. The van der Waals surface area contributed by atoms with E-state index in [1.807, 2.05) is 18.2 Å². The average molecular weight is 251 g/mol. The van der Waals surface area contributed by atoms with Crippen LogP contribution in [-0.4, -0.2) is 31.6 Å². The van der Waals surface area contributed by atoms with Crippen LogP contribution in [0.4, 0.5) is 0 Å². The number of para-hydroxylation sites is 1. The van der Waals surface area contributed by atoms with Crippen molar-refractivity contribution >= 4 is 5.91 Å². The zero-order valence-corrected chi connectivity index (χ0v) is 11.5. The molecular weight excluding hydrogens is 230 g/mol. The van der Waals surface area contributed by atoms with E-state index in [1.54, 1.807) is 26.0 Å². The van der Waals surface area contributed by atoms with Crippen LogP contribution in [0.5, 0.6) is 11.5 Å². The minimum atomic E-state index is 0.0271. The first-order valence-electron chi connectivity index (χ1n) is 6.10. The zero-order chi connectivity index (χ0) is 13.5. The van der Waals surface area contributed by atoms with E-state index in [-0.39, 0.29) is 5.91 Å². The van der Waals surface area contributed by atoms with Gasteiger partial charge in [-0.2, -0.15) is 0 Å². The lowest BCUT2D eigenvalue weighted by Gasteiger charge is -2.19. The molecule has 4 nitrogen and oxygen atoms in total. The SMILES string of the molecule is CCCOc1c(CN(C)C(C)=O)cccc1OC. The summed E-state index contributed by atoms with van der Waals surface area (Å²) in [5, 5.41) is 0. The van der Waals surface area contributed by atoms with Gasteiger partial charge in [0.1, 0.15) is 0 Å². The van der Waals surface area contributed by atoms with E-state index in [0.717, 1.165) is 17.7 Å². The Hall–Kier alpha value is -1.71. The Morgan fingerprint density at radius 1 is 1.39 bits per heavy atom. The molecule has 0 aromatic heterocycles. The van der Waals surface area contributed by atoms with E-state index in [4.69, 9.17) is 9.47 Å². The van der Waals surface area contributed by atoms with Gasteiger partial charge in [0.2, 0.25) is 5.91 Å². The summed E-state index contributed by atoms with van der Waals surface area (Å²) in [5.41, 5.74) is 0.959. The highest BCUT2D eigenvalue weighted by Crippen LogP contribution is 2.31. The molecule has 0 atom stereocenters. The van der Waals surface area contributed by atoms with Crippen molar-refractivity contribution in [3.63, 3.8) is 0 Å². The van der Waals surface area contributed by atoms with Crippen molar-refractivity contribution < 1.29 is 14.3 Å². The monoisotopic (exact) mass is 251 g/mol. The summed E-state index contributed by atoms with van der Waals surface area (Å²) in [6, 6.07) is 5.72. The number of carbonyl (C=O) groups is 1. The fourth-order valence-corrected chi connectivity index (χ4v) is 1.58. The van der Waals surface area contributed by atoms with Crippen molar-refractivity contribution in [3.05, 3.63) is 23.8 Å². The molecule has 1 aromatic rings. The van der Waals surface area contributed by atoms with Gasteiger partial charge >= 0.3 is 0 Å². The van der Waals surface area contributed by atoms with Gasteiger partial charge in [0, 0.05) is 26.1 Å². The van der Waals surface area contributed by atoms with E-state index in [1.165, 1.54) is 0 Å². The molecule has 0 N–H and O–H groups in total. The number of methoxy groups -OCH3 is 1. The summed E-state index contributed by atoms with van der Waals surface area (Å²) in [4.78, 5) is 12.9. The highest BCUT2D eigenvalue weighted by Gasteiger charge is 2.13. The maximum absolute atomic E-state index is 11.3. The van der Waals surface area contributed by atoms with Crippen LogP contribution >= 0.6 is 0 Å². The molecular formula is C14H21NO3. The number of ether oxygens (including phenoxy) is 2. The first-order valence-corrected chi connectivity index (χ1v) is 6.10. The van der Waals surface area contributed by atoms with Crippen molar-refractivity contribution in [2.24, 2.45) is 0 Å². The number of carbonyl (C=O) groups excluding carboxylic acids is 1. The molecule has 1 rings (SSSR count). The molecule has 0 aliphatic heterocycles. The summed E-state index contributed by atoms with van der Waals surface area (Å²) in [6.45, 7) is 4.76. The summed E-state index contributed by atoms with van der Waals surface area (Å²) in [5.74, 6) is 1.46. The minimum Gasteiger partial charge on any atom is -0.493 e. The van der Waals surface area contributed by atoms with Gasteiger partial charge in [-0.15, -0.1) is 0 Å². The van der Waals surface area contributed by atoms with E-state index in [9.17, 15) is 4.79 Å². The Morgan fingerprint density at radius 3 is 2.67 bits per heavy atom.